The third-order valence-electron chi connectivity index (χ3n) is 1.85. The fourth-order valence-electron chi connectivity index (χ4n) is 0.762. The van der Waals surface area contributed by atoms with Crippen LogP contribution in [0.1, 0.15) is 20.8 Å². The van der Waals surface area contributed by atoms with E-state index in [1.807, 2.05) is 20.8 Å². The molecule has 0 amide bonds. The highest BCUT2D eigenvalue weighted by molar-refractivity contribution is 4.71. The summed E-state index contributed by atoms with van der Waals surface area (Å²) in [4.78, 5) is 0. The van der Waals surface area contributed by atoms with Crippen LogP contribution in [0.4, 0.5) is 0 Å². The second-order valence-corrected chi connectivity index (χ2v) is 3.51. The van der Waals surface area contributed by atoms with Crippen LogP contribution in [0.15, 0.2) is 0 Å². The molecule has 0 aliphatic carbocycles. The minimum atomic E-state index is -0.0694. The van der Waals surface area contributed by atoms with E-state index in [-0.39, 0.29) is 10.2 Å². The zero-order chi connectivity index (χ0) is 6.41. The summed E-state index contributed by atoms with van der Waals surface area (Å²) >= 11 is 0. The molecular formula is C6H13NO. The van der Waals surface area contributed by atoms with Gasteiger partial charge in [0.2, 0.25) is 0 Å². The van der Waals surface area contributed by atoms with Crippen LogP contribution in [0.25, 0.3) is 0 Å². The van der Waals surface area contributed by atoms with Crippen LogP contribution < -0.4 is 0 Å². The quantitative estimate of drug-likeness (QED) is 0.263. The van der Waals surface area contributed by atoms with Crippen LogP contribution in [-0.4, -0.2) is 23.3 Å². The highest BCUT2D eigenvalue weighted by Gasteiger charge is 2.43. The van der Waals surface area contributed by atoms with Crippen molar-refractivity contribution in [1.82, 2.24) is 0 Å². The van der Waals surface area contributed by atoms with E-state index >= 15 is 0 Å². The summed E-state index contributed by atoms with van der Waals surface area (Å²) in [5, 5.41) is 11.2. The van der Waals surface area contributed by atoms with E-state index in [1.165, 1.54) is 0 Å². The van der Waals surface area contributed by atoms with Gasteiger partial charge in [0, 0.05) is 0 Å². The molecule has 8 heavy (non-hydrogen) atoms. The van der Waals surface area contributed by atoms with Crippen molar-refractivity contribution in [3.8, 4) is 0 Å². The molecule has 1 saturated heterocycles. The monoisotopic (exact) mass is 115 g/mol. The Morgan fingerprint density at radius 3 is 1.62 bits per heavy atom. The molecule has 0 spiro atoms. The van der Waals surface area contributed by atoms with E-state index < -0.39 is 0 Å². The Labute approximate surface area is 50.3 Å². The zero-order valence-corrected chi connectivity index (χ0v) is 5.77. The number of hydrogen-bond acceptors (Lipinski definition) is 1. The SMILES string of the molecule is CC(C)(C)[N+]1([O-])CC1. The van der Waals surface area contributed by atoms with Gasteiger partial charge >= 0.3 is 0 Å². The first-order valence-electron chi connectivity index (χ1n) is 3.04. The molecule has 0 aromatic carbocycles. The Morgan fingerprint density at radius 2 is 1.62 bits per heavy atom. The largest absolute Gasteiger partial charge is 0.632 e. The molecule has 0 aromatic heterocycles. The zero-order valence-electron chi connectivity index (χ0n) is 5.77. The lowest BCUT2D eigenvalue weighted by atomic mass is 10.1. The fraction of sp³-hybridized carbons (Fsp3) is 1.00. The van der Waals surface area contributed by atoms with Gasteiger partial charge in [0.25, 0.3) is 0 Å². The molecule has 0 atom stereocenters. The van der Waals surface area contributed by atoms with E-state index in [1.54, 1.807) is 0 Å². The minimum absolute atomic E-state index is 0.0208. The van der Waals surface area contributed by atoms with Gasteiger partial charge in [-0.3, -0.25) is 0 Å². The summed E-state index contributed by atoms with van der Waals surface area (Å²) in [6.07, 6.45) is 0. The molecule has 1 fully saturated rings. The van der Waals surface area contributed by atoms with Crippen molar-refractivity contribution in [2.45, 2.75) is 26.3 Å². The highest BCUT2D eigenvalue weighted by atomic mass is 16.6. The second-order valence-electron chi connectivity index (χ2n) is 3.51. The fourth-order valence-corrected chi connectivity index (χ4v) is 0.762. The summed E-state index contributed by atoms with van der Waals surface area (Å²) in [5.41, 5.74) is -0.0694. The molecule has 0 unspecified atom stereocenters. The van der Waals surface area contributed by atoms with Crippen LogP contribution in [0.5, 0.6) is 0 Å². The van der Waals surface area contributed by atoms with E-state index in [4.69, 9.17) is 0 Å². The number of quaternary nitrogens is 1. The number of hydroxylamine groups is 3. The van der Waals surface area contributed by atoms with Gasteiger partial charge in [0.15, 0.2) is 0 Å². The van der Waals surface area contributed by atoms with E-state index in [0.29, 0.717) is 0 Å². The summed E-state index contributed by atoms with van der Waals surface area (Å²) in [6.45, 7) is 7.63. The average molecular weight is 115 g/mol. The topological polar surface area (TPSA) is 23.1 Å². The number of rotatable bonds is 0. The van der Waals surface area contributed by atoms with Gasteiger partial charge in [-0.05, 0) is 20.8 Å². The smallest absolute Gasteiger partial charge is 0.129 e. The van der Waals surface area contributed by atoms with Crippen LogP contribution in [0.3, 0.4) is 0 Å². The minimum Gasteiger partial charge on any atom is -0.632 e. The Kier molecular flexibility index (Phi) is 0.946. The molecule has 0 aromatic rings. The summed E-state index contributed by atoms with van der Waals surface area (Å²) in [6, 6.07) is 0. The van der Waals surface area contributed by atoms with Gasteiger partial charge in [-0.2, -0.15) is 0 Å². The van der Waals surface area contributed by atoms with Crippen LogP contribution in [0, 0.1) is 5.21 Å². The standard InChI is InChI=1S/C6H13NO/c1-6(2,3)7(8)4-5-7/h4-5H2,1-3H3. The third-order valence-corrected chi connectivity index (χ3v) is 1.85. The lowest BCUT2D eigenvalue weighted by Crippen LogP contribution is -2.38. The Bertz CT molecular complexity index is 96.3. The molecule has 0 saturated carbocycles. The first-order valence-corrected chi connectivity index (χ1v) is 3.04. The Balaban J connectivity index is 2.58. The molecule has 1 rings (SSSR count). The lowest BCUT2D eigenvalue weighted by molar-refractivity contribution is -0.799. The molecule has 1 aliphatic heterocycles. The highest BCUT2D eigenvalue weighted by Crippen LogP contribution is 2.31. The normalized spacial score (nSPS) is 25.5. The predicted octanol–water partition coefficient (Wildman–Crippen LogP) is 1.11. The third kappa shape index (κ3) is 0.740. The van der Waals surface area contributed by atoms with Gasteiger partial charge in [0.05, 0.1) is 5.54 Å². The molecule has 0 N–H and O–H groups in total. The van der Waals surface area contributed by atoms with Crippen LogP contribution in [-0.2, 0) is 0 Å². The average Bonchev–Trinajstić information content (AvgIpc) is 2.16. The molecule has 2 heteroatoms. The van der Waals surface area contributed by atoms with Crippen molar-refractivity contribution in [3.63, 3.8) is 0 Å². The van der Waals surface area contributed by atoms with Crippen LogP contribution >= 0.6 is 0 Å². The van der Waals surface area contributed by atoms with E-state index in [9.17, 15) is 5.21 Å². The Hall–Kier alpha value is -0.0800. The van der Waals surface area contributed by atoms with Crippen LogP contribution in [0.2, 0.25) is 0 Å². The summed E-state index contributed by atoms with van der Waals surface area (Å²) in [5.74, 6) is 0. The second kappa shape index (κ2) is 1.25. The molecule has 1 heterocycles. The molecular weight excluding hydrogens is 102 g/mol. The van der Waals surface area contributed by atoms with E-state index in [0.717, 1.165) is 13.1 Å². The summed E-state index contributed by atoms with van der Waals surface area (Å²) in [7, 11) is 0. The summed E-state index contributed by atoms with van der Waals surface area (Å²) < 4.78 is 0.0208. The van der Waals surface area contributed by atoms with Crippen molar-refractivity contribution in [1.29, 1.82) is 0 Å². The van der Waals surface area contributed by atoms with Gasteiger partial charge < -0.3 is 9.85 Å². The Morgan fingerprint density at radius 1 is 1.25 bits per heavy atom. The maximum absolute atomic E-state index is 11.2. The van der Waals surface area contributed by atoms with Crippen molar-refractivity contribution in [2.75, 3.05) is 13.1 Å². The predicted molar refractivity (Wildman–Crippen MR) is 33.1 cm³/mol. The van der Waals surface area contributed by atoms with E-state index in [2.05, 4.69) is 0 Å². The van der Waals surface area contributed by atoms with Crippen molar-refractivity contribution < 1.29 is 4.65 Å². The van der Waals surface area contributed by atoms with Gasteiger partial charge in [0.1, 0.15) is 13.1 Å². The molecule has 1 aliphatic rings. The maximum atomic E-state index is 11.2. The van der Waals surface area contributed by atoms with Gasteiger partial charge in [-0.15, -0.1) is 0 Å². The lowest BCUT2D eigenvalue weighted by Gasteiger charge is -2.36. The van der Waals surface area contributed by atoms with Crippen molar-refractivity contribution >= 4 is 0 Å². The number of nitrogens with zero attached hydrogens (tertiary/aromatic N) is 1. The molecule has 48 valence electrons. The molecule has 0 bridgehead atoms. The number of hydrogen-bond donors (Lipinski definition) is 0. The maximum Gasteiger partial charge on any atom is 0.129 e. The molecule has 2 nitrogen and oxygen atoms in total. The van der Waals surface area contributed by atoms with Gasteiger partial charge in [-0.25, -0.2) is 0 Å². The first-order chi connectivity index (χ1) is 3.46. The first kappa shape index (κ1) is 6.05. The van der Waals surface area contributed by atoms with Gasteiger partial charge in [-0.1, -0.05) is 0 Å². The van der Waals surface area contributed by atoms with Crippen molar-refractivity contribution in [2.24, 2.45) is 0 Å². The van der Waals surface area contributed by atoms with Crippen molar-refractivity contribution in [3.05, 3.63) is 5.21 Å². The molecule has 0 radical (unpaired) electrons.